The van der Waals surface area contributed by atoms with E-state index < -0.39 is 0 Å². The molecule has 3 atom stereocenters. The highest BCUT2D eigenvalue weighted by Crippen LogP contribution is 2.25. The fourth-order valence-electron chi connectivity index (χ4n) is 2.43. The summed E-state index contributed by atoms with van der Waals surface area (Å²) in [6.45, 7) is 14.0. The second-order valence-electron chi connectivity index (χ2n) is 7.21. The topological polar surface area (TPSA) is 15.3 Å². The zero-order valence-electron chi connectivity index (χ0n) is 14.6. The van der Waals surface area contributed by atoms with Crippen molar-refractivity contribution >= 4 is 0 Å². The third kappa shape index (κ3) is 5.40. The fourth-order valence-corrected chi connectivity index (χ4v) is 2.43. The molecule has 0 aromatic heterocycles. The molecule has 1 N–H and O–H groups in total. The van der Waals surface area contributed by atoms with Crippen molar-refractivity contribution in [2.75, 3.05) is 13.6 Å². The first kappa shape index (κ1) is 18.1. The molecule has 0 fully saturated rings. The first-order chi connectivity index (χ1) is 9.63. The van der Waals surface area contributed by atoms with Crippen LogP contribution in [0.4, 0.5) is 4.39 Å². The first-order valence-corrected chi connectivity index (χ1v) is 7.85. The molecule has 0 aliphatic heterocycles. The van der Waals surface area contributed by atoms with Gasteiger partial charge in [-0.15, -0.1) is 0 Å². The first-order valence-electron chi connectivity index (χ1n) is 7.85. The number of hydrogen-bond acceptors (Lipinski definition) is 2. The largest absolute Gasteiger partial charge is 0.312 e. The zero-order valence-corrected chi connectivity index (χ0v) is 14.6. The minimum absolute atomic E-state index is 0.0679. The van der Waals surface area contributed by atoms with Gasteiger partial charge in [0.2, 0.25) is 0 Å². The maximum absolute atomic E-state index is 13.9. The molecule has 0 radical (unpaired) electrons. The SMILES string of the molecule is CC(CNC(C)(C)C)C(C)N(C)C(C)c1ccccc1F. The molecular formula is C18H31FN2. The molecule has 3 unspecified atom stereocenters. The van der Waals surface area contributed by atoms with E-state index in [0.717, 1.165) is 12.1 Å². The van der Waals surface area contributed by atoms with E-state index in [4.69, 9.17) is 0 Å². The maximum atomic E-state index is 13.9. The van der Waals surface area contributed by atoms with Crippen molar-refractivity contribution < 1.29 is 4.39 Å². The summed E-state index contributed by atoms with van der Waals surface area (Å²) in [5.74, 6) is 0.368. The summed E-state index contributed by atoms with van der Waals surface area (Å²) in [7, 11) is 2.08. The summed E-state index contributed by atoms with van der Waals surface area (Å²) in [6, 6.07) is 7.49. The van der Waals surface area contributed by atoms with Crippen LogP contribution < -0.4 is 5.32 Å². The third-order valence-electron chi connectivity index (χ3n) is 4.39. The molecule has 0 bridgehead atoms. The van der Waals surface area contributed by atoms with E-state index in [1.807, 2.05) is 12.1 Å². The van der Waals surface area contributed by atoms with Gasteiger partial charge in [-0.3, -0.25) is 4.90 Å². The Balaban J connectivity index is 2.69. The van der Waals surface area contributed by atoms with E-state index in [1.165, 1.54) is 6.07 Å². The highest BCUT2D eigenvalue weighted by Gasteiger charge is 2.24. The molecule has 0 spiro atoms. The number of nitrogens with one attached hydrogen (secondary N) is 1. The molecule has 1 aromatic carbocycles. The molecule has 2 nitrogen and oxygen atoms in total. The van der Waals surface area contributed by atoms with Crippen molar-refractivity contribution in [3.63, 3.8) is 0 Å². The van der Waals surface area contributed by atoms with Crippen molar-refractivity contribution in [1.82, 2.24) is 10.2 Å². The van der Waals surface area contributed by atoms with Crippen LogP contribution in [-0.2, 0) is 0 Å². The van der Waals surface area contributed by atoms with E-state index in [-0.39, 0.29) is 17.4 Å². The van der Waals surface area contributed by atoms with Crippen molar-refractivity contribution in [2.24, 2.45) is 5.92 Å². The summed E-state index contributed by atoms with van der Waals surface area (Å²) in [6.07, 6.45) is 0. The minimum atomic E-state index is -0.121. The predicted octanol–water partition coefficient (Wildman–Crippen LogP) is 4.23. The van der Waals surface area contributed by atoms with E-state index >= 15 is 0 Å². The second kappa shape index (κ2) is 7.37. The van der Waals surface area contributed by atoms with Gasteiger partial charge in [0.1, 0.15) is 5.82 Å². The Hall–Kier alpha value is -0.930. The van der Waals surface area contributed by atoms with Gasteiger partial charge in [0.25, 0.3) is 0 Å². The molecule has 3 heteroatoms. The zero-order chi connectivity index (χ0) is 16.2. The number of halogens is 1. The van der Waals surface area contributed by atoms with Gasteiger partial charge in [-0.25, -0.2) is 4.39 Å². The summed E-state index contributed by atoms with van der Waals surface area (Å²) in [5, 5.41) is 3.55. The molecule has 1 rings (SSSR count). The lowest BCUT2D eigenvalue weighted by Crippen LogP contribution is -2.45. The Morgan fingerprint density at radius 3 is 2.24 bits per heavy atom. The molecule has 0 heterocycles. The smallest absolute Gasteiger partial charge is 0.127 e. The van der Waals surface area contributed by atoms with Crippen LogP contribution in [0.2, 0.25) is 0 Å². The maximum Gasteiger partial charge on any atom is 0.127 e. The van der Waals surface area contributed by atoms with Crippen LogP contribution in [0.3, 0.4) is 0 Å². The Morgan fingerprint density at radius 2 is 1.71 bits per heavy atom. The summed E-state index contributed by atoms with van der Waals surface area (Å²) >= 11 is 0. The molecule has 0 amide bonds. The normalized spacial score (nSPS) is 16.8. The fraction of sp³-hybridized carbons (Fsp3) is 0.667. The summed E-state index contributed by atoms with van der Waals surface area (Å²) < 4.78 is 13.9. The Kier molecular flexibility index (Phi) is 6.36. The Morgan fingerprint density at radius 1 is 1.14 bits per heavy atom. The molecular weight excluding hydrogens is 263 g/mol. The molecule has 1 aromatic rings. The minimum Gasteiger partial charge on any atom is -0.312 e. The van der Waals surface area contributed by atoms with Crippen LogP contribution in [0.5, 0.6) is 0 Å². The van der Waals surface area contributed by atoms with Crippen molar-refractivity contribution in [3.8, 4) is 0 Å². The van der Waals surface area contributed by atoms with Gasteiger partial charge in [0.05, 0.1) is 0 Å². The lowest BCUT2D eigenvalue weighted by atomic mass is 9.97. The van der Waals surface area contributed by atoms with Gasteiger partial charge in [0, 0.05) is 23.2 Å². The van der Waals surface area contributed by atoms with Crippen LogP contribution in [-0.4, -0.2) is 30.1 Å². The Labute approximate surface area is 129 Å². The average Bonchev–Trinajstić information content (AvgIpc) is 2.42. The van der Waals surface area contributed by atoms with E-state index in [2.05, 4.69) is 58.8 Å². The van der Waals surface area contributed by atoms with Gasteiger partial charge in [0.15, 0.2) is 0 Å². The van der Waals surface area contributed by atoms with Crippen LogP contribution >= 0.6 is 0 Å². The van der Waals surface area contributed by atoms with Crippen LogP contribution in [0.1, 0.15) is 53.1 Å². The van der Waals surface area contributed by atoms with Crippen molar-refractivity contribution in [3.05, 3.63) is 35.6 Å². The van der Waals surface area contributed by atoms with Crippen LogP contribution in [0, 0.1) is 11.7 Å². The molecule has 21 heavy (non-hydrogen) atoms. The van der Waals surface area contributed by atoms with E-state index in [1.54, 1.807) is 6.07 Å². The van der Waals surface area contributed by atoms with Gasteiger partial charge in [-0.2, -0.15) is 0 Å². The highest BCUT2D eigenvalue weighted by atomic mass is 19.1. The van der Waals surface area contributed by atoms with Gasteiger partial charge in [-0.05, 0) is 60.2 Å². The number of hydrogen-bond donors (Lipinski definition) is 1. The lowest BCUT2D eigenvalue weighted by molar-refractivity contribution is 0.143. The molecule has 0 aliphatic carbocycles. The Bertz CT molecular complexity index is 439. The molecule has 0 aliphatic rings. The van der Waals surface area contributed by atoms with Gasteiger partial charge in [-0.1, -0.05) is 25.1 Å². The highest BCUT2D eigenvalue weighted by molar-refractivity contribution is 5.20. The third-order valence-corrected chi connectivity index (χ3v) is 4.39. The van der Waals surface area contributed by atoms with Gasteiger partial charge >= 0.3 is 0 Å². The van der Waals surface area contributed by atoms with Crippen molar-refractivity contribution in [1.29, 1.82) is 0 Å². The average molecular weight is 294 g/mol. The second-order valence-corrected chi connectivity index (χ2v) is 7.21. The summed E-state index contributed by atoms with van der Waals surface area (Å²) in [5.41, 5.74) is 0.895. The lowest BCUT2D eigenvalue weighted by Gasteiger charge is -2.36. The monoisotopic (exact) mass is 294 g/mol. The molecule has 120 valence electrons. The summed E-state index contributed by atoms with van der Waals surface area (Å²) in [4.78, 5) is 2.26. The van der Waals surface area contributed by atoms with E-state index in [0.29, 0.717) is 12.0 Å². The number of benzene rings is 1. The standard InChI is InChI=1S/C18H31FN2/c1-13(12-20-18(4,5)6)14(2)21(7)15(3)16-10-8-9-11-17(16)19/h8-11,13-15,20H,12H2,1-7H3. The predicted molar refractivity (Wildman–Crippen MR) is 89.0 cm³/mol. The molecule has 0 saturated carbocycles. The molecule has 0 saturated heterocycles. The number of nitrogens with zero attached hydrogens (tertiary/aromatic N) is 1. The van der Waals surface area contributed by atoms with Crippen LogP contribution in [0.15, 0.2) is 24.3 Å². The van der Waals surface area contributed by atoms with Gasteiger partial charge < -0.3 is 5.32 Å². The quantitative estimate of drug-likeness (QED) is 0.844. The van der Waals surface area contributed by atoms with E-state index in [9.17, 15) is 4.39 Å². The van der Waals surface area contributed by atoms with Crippen molar-refractivity contribution in [2.45, 2.75) is 59.2 Å². The number of rotatable bonds is 6. The van der Waals surface area contributed by atoms with Crippen LogP contribution in [0.25, 0.3) is 0 Å².